The van der Waals surface area contributed by atoms with E-state index in [-0.39, 0.29) is 17.4 Å². The van der Waals surface area contributed by atoms with E-state index in [1.807, 2.05) is 41.5 Å². The van der Waals surface area contributed by atoms with Crippen LogP contribution >= 0.6 is 11.8 Å². The summed E-state index contributed by atoms with van der Waals surface area (Å²) in [5.41, 5.74) is 2.98. The van der Waals surface area contributed by atoms with Crippen molar-refractivity contribution >= 4 is 29.1 Å². The smallest absolute Gasteiger partial charge is 0.233 e. The lowest BCUT2D eigenvalue weighted by atomic mass is 10.1. The molecule has 2 heterocycles. The summed E-state index contributed by atoms with van der Waals surface area (Å²) in [6, 6.07) is 12.7. The van der Waals surface area contributed by atoms with Gasteiger partial charge in [0.1, 0.15) is 5.82 Å². The Bertz CT molecular complexity index is 1200. The Morgan fingerprint density at radius 3 is 2.47 bits per heavy atom. The first-order valence-electron chi connectivity index (χ1n) is 11.3. The molecule has 0 saturated carbocycles. The van der Waals surface area contributed by atoms with Crippen molar-refractivity contribution in [1.82, 2.24) is 19.7 Å². The molecule has 178 valence electrons. The second-order valence-electron chi connectivity index (χ2n) is 8.30. The average molecular weight is 482 g/mol. The first-order chi connectivity index (χ1) is 16.4. The number of benzene rings is 2. The SMILES string of the molecule is CCn1c(SCC(=O)N2CCN(c3ccc(C(C)=O)cc3F)CC2)nnc1-c1cccc(C)c1. The summed E-state index contributed by atoms with van der Waals surface area (Å²) in [4.78, 5) is 28.0. The second-order valence-corrected chi connectivity index (χ2v) is 9.24. The summed E-state index contributed by atoms with van der Waals surface area (Å²) in [5, 5.41) is 9.40. The van der Waals surface area contributed by atoms with Gasteiger partial charge in [0, 0.05) is 43.9 Å². The lowest BCUT2D eigenvalue weighted by molar-refractivity contribution is -0.128. The number of aryl methyl sites for hydroxylation is 1. The number of hydrogen-bond donors (Lipinski definition) is 0. The summed E-state index contributed by atoms with van der Waals surface area (Å²) in [7, 11) is 0. The van der Waals surface area contributed by atoms with Crippen LogP contribution in [0.1, 0.15) is 29.8 Å². The third-order valence-electron chi connectivity index (χ3n) is 5.96. The fraction of sp³-hybridized carbons (Fsp3) is 0.360. The van der Waals surface area contributed by atoms with E-state index in [0.29, 0.717) is 44.0 Å². The molecule has 0 spiro atoms. The Hall–Kier alpha value is -3.20. The van der Waals surface area contributed by atoms with Gasteiger partial charge in [-0.15, -0.1) is 10.2 Å². The van der Waals surface area contributed by atoms with Crippen molar-refractivity contribution < 1.29 is 14.0 Å². The zero-order valence-corrected chi connectivity index (χ0v) is 20.4. The highest BCUT2D eigenvalue weighted by Crippen LogP contribution is 2.26. The maximum Gasteiger partial charge on any atom is 0.233 e. The number of piperazine rings is 1. The van der Waals surface area contributed by atoms with Crippen LogP contribution in [0.3, 0.4) is 0 Å². The van der Waals surface area contributed by atoms with Gasteiger partial charge in [-0.05, 0) is 45.0 Å². The molecule has 0 aliphatic carbocycles. The molecule has 2 aromatic carbocycles. The highest BCUT2D eigenvalue weighted by atomic mass is 32.2. The van der Waals surface area contributed by atoms with Gasteiger partial charge in [-0.3, -0.25) is 9.59 Å². The fourth-order valence-electron chi connectivity index (χ4n) is 4.07. The number of amides is 1. The molecule has 7 nitrogen and oxygen atoms in total. The van der Waals surface area contributed by atoms with Crippen LogP contribution in [0.2, 0.25) is 0 Å². The van der Waals surface area contributed by atoms with Crippen LogP contribution in [0.4, 0.5) is 10.1 Å². The van der Waals surface area contributed by atoms with E-state index in [2.05, 4.69) is 16.3 Å². The van der Waals surface area contributed by atoms with E-state index >= 15 is 0 Å². The molecular weight excluding hydrogens is 453 g/mol. The van der Waals surface area contributed by atoms with Crippen molar-refractivity contribution in [1.29, 1.82) is 0 Å². The number of halogens is 1. The molecule has 0 bridgehead atoms. The van der Waals surface area contributed by atoms with Crippen molar-refractivity contribution in [3.8, 4) is 11.4 Å². The van der Waals surface area contributed by atoms with Crippen LogP contribution in [0.15, 0.2) is 47.6 Å². The Morgan fingerprint density at radius 2 is 1.82 bits per heavy atom. The Morgan fingerprint density at radius 1 is 1.06 bits per heavy atom. The lowest BCUT2D eigenvalue weighted by Gasteiger charge is -2.36. The molecule has 1 aliphatic rings. The first-order valence-corrected chi connectivity index (χ1v) is 12.3. The first kappa shape index (κ1) is 23.9. The van der Waals surface area contributed by atoms with E-state index in [4.69, 9.17) is 0 Å². The predicted octanol–water partition coefficient (Wildman–Crippen LogP) is 4.06. The molecular formula is C25H28FN5O2S. The second kappa shape index (κ2) is 10.4. The van der Waals surface area contributed by atoms with Crippen LogP contribution < -0.4 is 4.90 Å². The van der Waals surface area contributed by atoms with Crippen molar-refractivity contribution in [3.63, 3.8) is 0 Å². The minimum Gasteiger partial charge on any atom is -0.366 e. The molecule has 1 aromatic heterocycles. The Kier molecular flexibility index (Phi) is 7.31. The third-order valence-corrected chi connectivity index (χ3v) is 6.91. The number of anilines is 1. The van der Waals surface area contributed by atoms with Gasteiger partial charge >= 0.3 is 0 Å². The topological polar surface area (TPSA) is 71.3 Å². The molecule has 1 aliphatic heterocycles. The van der Waals surface area contributed by atoms with Crippen LogP contribution in [-0.2, 0) is 11.3 Å². The Balaban J connectivity index is 1.35. The van der Waals surface area contributed by atoms with Crippen molar-refractivity contribution in [3.05, 3.63) is 59.4 Å². The standard InChI is InChI=1S/C25H28FN5O2S/c1-4-31-24(20-7-5-6-17(2)14-20)27-28-25(31)34-16-23(33)30-12-10-29(11-13-30)22-9-8-19(18(3)32)15-21(22)26/h5-9,14-15H,4,10-13,16H2,1-3H3. The summed E-state index contributed by atoms with van der Waals surface area (Å²) in [6.45, 7) is 8.31. The molecule has 3 aromatic rings. The van der Waals surface area contributed by atoms with E-state index in [9.17, 15) is 14.0 Å². The normalized spacial score (nSPS) is 13.9. The van der Waals surface area contributed by atoms with Gasteiger partial charge in [-0.25, -0.2) is 4.39 Å². The lowest BCUT2D eigenvalue weighted by Crippen LogP contribution is -2.49. The summed E-state index contributed by atoms with van der Waals surface area (Å²) in [5.74, 6) is 0.523. The number of aromatic nitrogens is 3. The van der Waals surface area contributed by atoms with Crippen LogP contribution in [0.25, 0.3) is 11.4 Å². The highest BCUT2D eigenvalue weighted by Gasteiger charge is 2.24. The van der Waals surface area contributed by atoms with E-state index in [1.54, 1.807) is 17.0 Å². The molecule has 1 fully saturated rings. The number of carbonyl (C=O) groups is 2. The number of ketones is 1. The summed E-state index contributed by atoms with van der Waals surface area (Å²) < 4.78 is 16.5. The molecule has 4 rings (SSSR count). The molecule has 34 heavy (non-hydrogen) atoms. The van der Waals surface area contributed by atoms with Gasteiger partial charge in [0.05, 0.1) is 11.4 Å². The molecule has 1 saturated heterocycles. The molecule has 0 radical (unpaired) electrons. The number of nitrogens with zero attached hydrogens (tertiary/aromatic N) is 5. The van der Waals surface area contributed by atoms with Crippen molar-refractivity contribution in [2.45, 2.75) is 32.5 Å². The molecule has 1 amide bonds. The molecule has 9 heteroatoms. The van der Waals surface area contributed by atoms with Gasteiger partial charge in [0.25, 0.3) is 0 Å². The molecule has 0 atom stereocenters. The number of carbonyl (C=O) groups excluding carboxylic acids is 2. The number of rotatable bonds is 7. The van der Waals surface area contributed by atoms with Gasteiger partial charge < -0.3 is 14.4 Å². The van der Waals surface area contributed by atoms with Crippen molar-refractivity contribution in [2.75, 3.05) is 36.8 Å². The van der Waals surface area contributed by atoms with Crippen LogP contribution in [0, 0.1) is 12.7 Å². The van der Waals surface area contributed by atoms with Gasteiger partial charge in [0.15, 0.2) is 16.8 Å². The summed E-state index contributed by atoms with van der Waals surface area (Å²) in [6.07, 6.45) is 0. The number of hydrogen-bond acceptors (Lipinski definition) is 6. The predicted molar refractivity (Wildman–Crippen MR) is 132 cm³/mol. The molecule has 0 N–H and O–H groups in total. The maximum atomic E-state index is 14.5. The monoisotopic (exact) mass is 481 g/mol. The fourth-order valence-corrected chi connectivity index (χ4v) is 4.98. The maximum absolute atomic E-state index is 14.5. The van der Waals surface area contributed by atoms with E-state index in [1.165, 1.54) is 24.8 Å². The third kappa shape index (κ3) is 5.14. The minimum absolute atomic E-state index is 0.0276. The summed E-state index contributed by atoms with van der Waals surface area (Å²) >= 11 is 1.39. The quantitative estimate of drug-likeness (QED) is 0.375. The average Bonchev–Trinajstić information content (AvgIpc) is 3.25. The molecule has 0 unspecified atom stereocenters. The van der Waals surface area contributed by atoms with Gasteiger partial charge in [0.2, 0.25) is 5.91 Å². The zero-order chi connectivity index (χ0) is 24.2. The Labute approximate surface area is 203 Å². The van der Waals surface area contributed by atoms with Gasteiger partial charge in [-0.2, -0.15) is 0 Å². The number of Topliss-reactive ketones (excluding diaryl/α,β-unsaturated/α-hetero) is 1. The largest absolute Gasteiger partial charge is 0.366 e. The minimum atomic E-state index is -0.411. The van der Waals surface area contributed by atoms with E-state index in [0.717, 1.165) is 22.1 Å². The number of thioether (sulfide) groups is 1. The highest BCUT2D eigenvalue weighted by molar-refractivity contribution is 7.99. The van der Waals surface area contributed by atoms with E-state index < -0.39 is 5.82 Å². The van der Waals surface area contributed by atoms with Crippen LogP contribution in [-0.4, -0.2) is 63.3 Å². The van der Waals surface area contributed by atoms with Gasteiger partial charge in [-0.1, -0.05) is 35.5 Å². The zero-order valence-electron chi connectivity index (χ0n) is 19.6. The van der Waals surface area contributed by atoms with Crippen LogP contribution in [0.5, 0.6) is 0 Å². The van der Waals surface area contributed by atoms with Crippen molar-refractivity contribution in [2.24, 2.45) is 0 Å².